The molecule has 1 heterocycles. The lowest BCUT2D eigenvalue weighted by molar-refractivity contribution is -0.0894. The molecule has 0 aromatic heterocycles. The second-order valence-electron chi connectivity index (χ2n) is 2.69. The fourth-order valence-corrected chi connectivity index (χ4v) is 1.17. The van der Waals surface area contributed by atoms with E-state index in [1.807, 2.05) is 0 Å². The molecule has 0 spiro atoms. The van der Waals surface area contributed by atoms with Gasteiger partial charge in [-0.05, 0) is 12.1 Å². The lowest BCUT2D eigenvalue weighted by atomic mass is 10.3. The van der Waals surface area contributed by atoms with E-state index in [1.165, 1.54) is 0 Å². The Morgan fingerprint density at radius 3 is 2.86 bits per heavy atom. The van der Waals surface area contributed by atoms with Crippen LogP contribution in [0.3, 0.4) is 0 Å². The first kappa shape index (κ1) is 8.68. The lowest BCUT2D eigenvalue weighted by Gasteiger charge is -2.24. The molecule has 0 fully saturated rings. The highest BCUT2D eigenvalue weighted by Gasteiger charge is 2.23. The highest BCUT2D eigenvalue weighted by molar-refractivity contribution is 5.57. The van der Waals surface area contributed by atoms with Crippen molar-refractivity contribution in [2.24, 2.45) is 0 Å². The summed E-state index contributed by atoms with van der Waals surface area (Å²) < 4.78 is 14.9. The maximum Gasteiger partial charge on any atom is 0.509 e. The molecule has 0 saturated carbocycles. The van der Waals surface area contributed by atoms with Crippen molar-refractivity contribution >= 4 is 6.16 Å². The molecule has 1 aromatic rings. The van der Waals surface area contributed by atoms with Gasteiger partial charge in [0, 0.05) is 0 Å². The Balaban J connectivity index is 2.09. The first-order valence-electron chi connectivity index (χ1n) is 4.04. The van der Waals surface area contributed by atoms with E-state index in [0.717, 1.165) is 0 Å². The summed E-state index contributed by atoms with van der Waals surface area (Å²) in [5, 5.41) is 8.36. The van der Waals surface area contributed by atoms with Crippen LogP contribution in [-0.2, 0) is 4.74 Å². The quantitative estimate of drug-likeness (QED) is 0.689. The summed E-state index contributed by atoms with van der Waals surface area (Å²) in [7, 11) is 0. The zero-order valence-electron chi connectivity index (χ0n) is 7.17. The molecule has 2 rings (SSSR count). The fraction of sp³-hybridized carbons (Fsp3) is 0.222. The Morgan fingerprint density at radius 2 is 2.14 bits per heavy atom. The summed E-state index contributed by atoms with van der Waals surface area (Å²) in [6, 6.07) is 7.00. The summed E-state index contributed by atoms with van der Waals surface area (Å²) in [6.07, 6.45) is -2.26. The van der Waals surface area contributed by atoms with E-state index in [-0.39, 0.29) is 6.61 Å². The van der Waals surface area contributed by atoms with Crippen molar-refractivity contribution in [3.63, 3.8) is 0 Å². The van der Waals surface area contributed by atoms with Gasteiger partial charge < -0.3 is 19.3 Å². The first-order valence-corrected chi connectivity index (χ1v) is 4.04. The summed E-state index contributed by atoms with van der Waals surface area (Å²) in [4.78, 5) is 10.2. The minimum absolute atomic E-state index is 0.0727. The van der Waals surface area contributed by atoms with Gasteiger partial charge in [0.2, 0.25) is 0 Å². The number of carboxylic acid groups (broad SMARTS) is 1. The minimum Gasteiger partial charge on any atom is -0.482 e. The second-order valence-corrected chi connectivity index (χ2v) is 2.69. The maximum absolute atomic E-state index is 10.2. The smallest absolute Gasteiger partial charge is 0.482 e. The van der Waals surface area contributed by atoms with Gasteiger partial charge in [0.05, 0.1) is 0 Å². The third kappa shape index (κ3) is 1.71. The van der Waals surface area contributed by atoms with Gasteiger partial charge in [-0.25, -0.2) is 4.79 Å². The van der Waals surface area contributed by atoms with Crippen LogP contribution < -0.4 is 9.47 Å². The third-order valence-electron chi connectivity index (χ3n) is 1.71. The van der Waals surface area contributed by atoms with Crippen molar-refractivity contribution in [1.82, 2.24) is 0 Å². The molecule has 0 aliphatic carbocycles. The van der Waals surface area contributed by atoms with E-state index in [2.05, 4.69) is 4.74 Å². The molecular weight excluding hydrogens is 188 g/mol. The van der Waals surface area contributed by atoms with E-state index in [1.54, 1.807) is 24.3 Å². The molecule has 14 heavy (non-hydrogen) atoms. The normalized spacial score (nSPS) is 18.7. The van der Waals surface area contributed by atoms with Crippen LogP contribution in [0.4, 0.5) is 4.79 Å². The molecule has 0 unspecified atom stereocenters. The zero-order valence-corrected chi connectivity index (χ0v) is 7.17. The fourth-order valence-electron chi connectivity index (χ4n) is 1.17. The molecule has 1 atom stereocenters. The molecule has 0 bridgehead atoms. The van der Waals surface area contributed by atoms with Gasteiger partial charge in [-0.2, -0.15) is 0 Å². The topological polar surface area (TPSA) is 65.0 Å². The van der Waals surface area contributed by atoms with Gasteiger partial charge in [0.1, 0.15) is 0 Å². The Hall–Kier alpha value is -1.91. The van der Waals surface area contributed by atoms with Gasteiger partial charge in [0.25, 0.3) is 6.29 Å². The van der Waals surface area contributed by atoms with E-state index in [9.17, 15) is 4.79 Å². The Morgan fingerprint density at radius 1 is 1.43 bits per heavy atom. The van der Waals surface area contributed by atoms with Crippen LogP contribution in [0, 0.1) is 0 Å². The van der Waals surface area contributed by atoms with E-state index in [4.69, 9.17) is 14.6 Å². The van der Waals surface area contributed by atoms with Crippen LogP contribution in [-0.4, -0.2) is 24.2 Å². The molecule has 74 valence electrons. The highest BCUT2D eigenvalue weighted by Crippen LogP contribution is 2.30. The molecule has 0 saturated heterocycles. The Bertz CT molecular complexity index is 349. The predicted octanol–water partition coefficient (Wildman–Crippen LogP) is 1.48. The number of para-hydroxylation sites is 2. The molecule has 1 aromatic carbocycles. The average molecular weight is 196 g/mol. The van der Waals surface area contributed by atoms with Gasteiger partial charge in [-0.15, -0.1) is 0 Å². The highest BCUT2D eigenvalue weighted by atomic mass is 16.8. The third-order valence-corrected chi connectivity index (χ3v) is 1.71. The number of ether oxygens (including phenoxy) is 3. The van der Waals surface area contributed by atoms with Crippen molar-refractivity contribution in [2.45, 2.75) is 6.29 Å². The second kappa shape index (κ2) is 3.45. The standard InChI is InChI=1S/C9H8O5/c10-9(11)14-8-5-12-6-3-1-2-4-7(6)13-8/h1-4,8H,5H2,(H,10,11)/t8-/m0/s1. The summed E-state index contributed by atoms with van der Waals surface area (Å²) in [5.74, 6) is 1.09. The van der Waals surface area contributed by atoms with Crippen LogP contribution >= 0.6 is 0 Å². The van der Waals surface area contributed by atoms with Crippen LogP contribution in [0.1, 0.15) is 0 Å². The SMILES string of the molecule is O=C(O)O[C@H]1COc2ccccc2O1. The number of carbonyl (C=O) groups is 1. The van der Waals surface area contributed by atoms with Crippen LogP contribution in [0.5, 0.6) is 11.5 Å². The summed E-state index contributed by atoms with van der Waals surface area (Å²) in [6.45, 7) is 0.0727. The molecule has 5 nitrogen and oxygen atoms in total. The first-order chi connectivity index (χ1) is 6.75. The zero-order chi connectivity index (χ0) is 9.97. The van der Waals surface area contributed by atoms with Crippen molar-refractivity contribution in [3.05, 3.63) is 24.3 Å². The van der Waals surface area contributed by atoms with Gasteiger partial charge in [-0.1, -0.05) is 12.1 Å². The maximum atomic E-state index is 10.2. The van der Waals surface area contributed by atoms with E-state index < -0.39 is 12.4 Å². The summed E-state index contributed by atoms with van der Waals surface area (Å²) in [5.41, 5.74) is 0. The molecular formula is C9H8O5. The van der Waals surface area contributed by atoms with Gasteiger partial charge in [-0.3, -0.25) is 0 Å². The van der Waals surface area contributed by atoms with Crippen LogP contribution in [0.15, 0.2) is 24.3 Å². The number of fused-ring (bicyclic) bond motifs is 1. The minimum atomic E-state index is -1.38. The van der Waals surface area contributed by atoms with Crippen LogP contribution in [0.2, 0.25) is 0 Å². The molecule has 1 aliphatic rings. The Labute approximate surface area is 79.8 Å². The largest absolute Gasteiger partial charge is 0.509 e. The monoisotopic (exact) mass is 196 g/mol. The van der Waals surface area contributed by atoms with E-state index in [0.29, 0.717) is 11.5 Å². The average Bonchev–Trinajstić information content (AvgIpc) is 2.17. The number of hydrogen-bond donors (Lipinski definition) is 1. The molecule has 1 N–H and O–H groups in total. The van der Waals surface area contributed by atoms with Crippen molar-refractivity contribution in [1.29, 1.82) is 0 Å². The van der Waals surface area contributed by atoms with E-state index >= 15 is 0 Å². The summed E-state index contributed by atoms with van der Waals surface area (Å²) >= 11 is 0. The van der Waals surface area contributed by atoms with Gasteiger partial charge in [0.15, 0.2) is 18.1 Å². The van der Waals surface area contributed by atoms with Crippen molar-refractivity contribution in [3.8, 4) is 11.5 Å². The molecule has 0 amide bonds. The number of rotatable bonds is 1. The van der Waals surface area contributed by atoms with Crippen LogP contribution in [0.25, 0.3) is 0 Å². The van der Waals surface area contributed by atoms with Crippen molar-refractivity contribution in [2.75, 3.05) is 6.61 Å². The predicted molar refractivity (Wildman–Crippen MR) is 45.5 cm³/mol. The molecule has 5 heteroatoms. The lowest BCUT2D eigenvalue weighted by Crippen LogP contribution is -2.33. The number of benzene rings is 1. The molecule has 1 aliphatic heterocycles. The Kier molecular flexibility index (Phi) is 2.14. The van der Waals surface area contributed by atoms with Gasteiger partial charge >= 0.3 is 6.16 Å². The van der Waals surface area contributed by atoms with Crippen molar-refractivity contribution < 1.29 is 24.1 Å². The number of hydrogen-bond acceptors (Lipinski definition) is 4. The molecule has 0 radical (unpaired) electrons.